The van der Waals surface area contributed by atoms with Gasteiger partial charge in [-0.05, 0) is 12.1 Å². The highest BCUT2D eigenvalue weighted by molar-refractivity contribution is 7.71. The van der Waals surface area contributed by atoms with E-state index in [2.05, 4.69) is 9.97 Å². The Morgan fingerprint density at radius 2 is 2.06 bits per heavy atom. The predicted octanol–water partition coefficient (Wildman–Crippen LogP) is 2.83. The summed E-state index contributed by atoms with van der Waals surface area (Å²) in [6.45, 7) is 1.06. The van der Waals surface area contributed by atoms with Gasteiger partial charge in [0.25, 0.3) is 0 Å². The van der Waals surface area contributed by atoms with E-state index in [1.807, 2.05) is 24.3 Å². The smallest absolute Gasteiger partial charge is 0.128 e. The van der Waals surface area contributed by atoms with Crippen LogP contribution in [0.3, 0.4) is 0 Å². The Bertz CT molecular complexity index is 569. The summed E-state index contributed by atoms with van der Waals surface area (Å²) in [5.74, 6) is 0.785. The lowest BCUT2D eigenvalue weighted by Crippen LogP contribution is -2.05. The van der Waals surface area contributed by atoms with Crippen molar-refractivity contribution >= 4 is 12.2 Å². The molecule has 0 radical (unpaired) electrons. The van der Waals surface area contributed by atoms with Gasteiger partial charge in [0, 0.05) is 12.7 Å². The Morgan fingerprint density at radius 1 is 1.22 bits per heavy atom. The average Bonchev–Trinajstić information content (AvgIpc) is 2.40. The maximum Gasteiger partial charge on any atom is 0.128 e. The SMILES string of the molecule is COCCOc1ccccc1-c1cncc(=S)[nH]1. The summed E-state index contributed by atoms with van der Waals surface area (Å²) < 4.78 is 11.2. The van der Waals surface area contributed by atoms with E-state index in [1.165, 1.54) is 0 Å². The zero-order valence-corrected chi connectivity index (χ0v) is 10.9. The molecule has 2 rings (SSSR count). The number of aromatic amines is 1. The van der Waals surface area contributed by atoms with Crippen LogP contribution in [0, 0.1) is 4.64 Å². The maximum absolute atomic E-state index is 5.67. The molecule has 0 fully saturated rings. The van der Waals surface area contributed by atoms with Crippen molar-refractivity contribution in [2.45, 2.75) is 0 Å². The number of H-pyrrole nitrogens is 1. The lowest BCUT2D eigenvalue weighted by atomic mass is 10.1. The second-order valence-corrected chi connectivity index (χ2v) is 4.09. The molecular weight excluding hydrogens is 248 g/mol. The first-order chi connectivity index (χ1) is 8.81. The lowest BCUT2D eigenvalue weighted by Gasteiger charge is -2.10. The summed E-state index contributed by atoms with van der Waals surface area (Å²) in [5.41, 5.74) is 1.78. The van der Waals surface area contributed by atoms with Gasteiger partial charge in [0.05, 0.1) is 24.7 Å². The van der Waals surface area contributed by atoms with E-state index in [4.69, 9.17) is 21.7 Å². The number of hydrogen-bond donors (Lipinski definition) is 1. The Kier molecular flexibility index (Phi) is 4.44. The molecule has 0 aliphatic carbocycles. The van der Waals surface area contributed by atoms with Crippen molar-refractivity contribution in [3.05, 3.63) is 41.3 Å². The average molecular weight is 262 g/mol. The Morgan fingerprint density at radius 3 is 2.83 bits per heavy atom. The quantitative estimate of drug-likeness (QED) is 0.665. The highest BCUT2D eigenvalue weighted by atomic mass is 32.1. The van der Waals surface area contributed by atoms with E-state index in [-0.39, 0.29) is 0 Å². The van der Waals surface area contributed by atoms with E-state index in [0.717, 1.165) is 17.0 Å². The molecule has 1 aromatic carbocycles. The van der Waals surface area contributed by atoms with E-state index in [9.17, 15) is 0 Å². The number of methoxy groups -OCH3 is 1. The van der Waals surface area contributed by atoms with Crippen LogP contribution in [0.4, 0.5) is 0 Å². The molecule has 0 aliphatic rings. The van der Waals surface area contributed by atoms with Gasteiger partial charge >= 0.3 is 0 Å². The van der Waals surface area contributed by atoms with Gasteiger partial charge in [0.2, 0.25) is 0 Å². The number of nitrogens with zero attached hydrogens (tertiary/aromatic N) is 1. The fourth-order valence-electron chi connectivity index (χ4n) is 1.56. The Balaban J connectivity index is 2.29. The summed E-state index contributed by atoms with van der Waals surface area (Å²) in [7, 11) is 1.65. The molecule has 5 heteroatoms. The van der Waals surface area contributed by atoms with Crippen molar-refractivity contribution in [3.63, 3.8) is 0 Å². The second kappa shape index (κ2) is 6.28. The van der Waals surface area contributed by atoms with E-state index in [0.29, 0.717) is 17.9 Å². The number of nitrogens with one attached hydrogen (secondary N) is 1. The van der Waals surface area contributed by atoms with Gasteiger partial charge in [-0.1, -0.05) is 24.4 Å². The third-order valence-electron chi connectivity index (χ3n) is 2.38. The lowest BCUT2D eigenvalue weighted by molar-refractivity contribution is 0.146. The molecule has 0 saturated heterocycles. The maximum atomic E-state index is 5.67. The molecule has 0 atom stereocenters. The summed E-state index contributed by atoms with van der Waals surface area (Å²) in [4.78, 5) is 7.18. The zero-order valence-electron chi connectivity index (χ0n) is 10.1. The molecule has 0 saturated carbocycles. The molecule has 2 aromatic rings. The van der Waals surface area contributed by atoms with E-state index in [1.54, 1.807) is 19.5 Å². The standard InChI is InChI=1S/C13H14N2O2S/c1-16-6-7-17-12-5-3-2-4-10(12)11-8-14-9-13(18)15-11/h2-5,8-9H,6-7H2,1H3,(H,15,18). The van der Waals surface area contributed by atoms with Gasteiger partial charge in [-0.3, -0.25) is 4.98 Å². The molecule has 1 N–H and O–H groups in total. The molecule has 0 unspecified atom stereocenters. The minimum atomic E-state index is 0.508. The van der Waals surface area contributed by atoms with Crippen LogP contribution in [0.25, 0.3) is 11.3 Å². The number of hydrogen-bond acceptors (Lipinski definition) is 4. The summed E-state index contributed by atoms with van der Waals surface area (Å²) in [5, 5.41) is 0. The van der Waals surface area contributed by atoms with Crippen molar-refractivity contribution < 1.29 is 9.47 Å². The largest absolute Gasteiger partial charge is 0.490 e. The molecule has 0 aliphatic heterocycles. The normalized spacial score (nSPS) is 10.3. The molecular formula is C13H14N2O2S. The highest BCUT2D eigenvalue weighted by Crippen LogP contribution is 2.27. The summed E-state index contributed by atoms with van der Waals surface area (Å²) >= 11 is 5.07. The van der Waals surface area contributed by atoms with Gasteiger partial charge in [-0.25, -0.2) is 0 Å². The number of aromatic nitrogens is 2. The molecule has 0 spiro atoms. The number of benzene rings is 1. The molecule has 94 valence electrons. The van der Waals surface area contributed by atoms with Crippen molar-refractivity contribution in [1.29, 1.82) is 0 Å². The molecule has 1 heterocycles. The van der Waals surface area contributed by atoms with Gasteiger partial charge in [-0.15, -0.1) is 0 Å². The second-order valence-electron chi connectivity index (χ2n) is 3.65. The van der Waals surface area contributed by atoms with Crippen LogP contribution >= 0.6 is 12.2 Å². The first-order valence-corrected chi connectivity index (χ1v) is 5.97. The number of para-hydroxylation sites is 1. The molecule has 4 nitrogen and oxygen atoms in total. The van der Waals surface area contributed by atoms with Crippen LogP contribution in [0.2, 0.25) is 0 Å². The topological polar surface area (TPSA) is 47.1 Å². The molecule has 0 amide bonds. The van der Waals surface area contributed by atoms with Crippen molar-refractivity contribution in [2.75, 3.05) is 20.3 Å². The van der Waals surface area contributed by atoms with Gasteiger partial charge in [-0.2, -0.15) is 0 Å². The fraction of sp³-hybridized carbons (Fsp3) is 0.231. The first-order valence-electron chi connectivity index (χ1n) is 5.56. The Hall–Kier alpha value is -1.72. The molecule has 1 aromatic heterocycles. The molecule has 18 heavy (non-hydrogen) atoms. The van der Waals surface area contributed by atoms with Crippen molar-refractivity contribution in [3.8, 4) is 17.0 Å². The predicted molar refractivity (Wildman–Crippen MR) is 72.2 cm³/mol. The van der Waals surface area contributed by atoms with Crippen LogP contribution in [0.1, 0.15) is 0 Å². The van der Waals surface area contributed by atoms with Crippen molar-refractivity contribution in [1.82, 2.24) is 9.97 Å². The van der Waals surface area contributed by atoms with E-state index < -0.39 is 0 Å². The van der Waals surface area contributed by atoms with Crippen LogP contribution < -0.4 is 4.74 Å². The minimum absolute atomic E-state index is 0.508. The Labute approximate surface area is 111 Å². The summed E-state index contributed by atoms with van der Waals surface area (Å²) in [6, 6.07) is 7.75. The fourth-order valence-corrected chi connectivity index (χ4v) is 1.73. The van der Waals surface area contributed by atoms with Crippen LogP contribution in [-0.4, -0.2) is 30.3 Å². The minimum Gasteiger partial charge on any atom is -0.490 e. The van der Waals surface area contributed by atoms with Gasteiger partial charge < -0.3 is 14.5 Å². The third-order valence-corrected chi connectivity index (χ3v) is 2.58. The van der Waals surface area contributed by atoms with E-state index >= 15 is 0 Å². The van der Waals surface area contributed by atoms with Gasteiger partial charge in [0.15, 0.2) is 0 Å². The highest BCUT2D eigenvalue weighted by Gasteiger charge is 2.06. The number of rotatable bonds is 5. The van der Waals surface area contributed by atoms with Crippen LogP contribution in [0.15, 0.2) is 36.7 Å². The number of ether oxygens (including phenoxy) is 2. The van der Waals surface area contributed by atoms with Crippen molar-refractivity contribution in [2.24, 2.45) is 0 Å². The monoisotopic (exact) mass is 262 g/mol. The first kappa shape index (κ1) is 12.7. The third kappa shape index (κ3) is 3.15. The van der Waals surface area contributed by atoms with Gasteiger partial charge in [0.1, 0.15) is 17.0 Å². The van der Waals surface area contributed by atoms with Crippen LogP contribution in [0.5, 0.6) is 5.75 Å². The summed E-state index contributed by atoms with van der Waals surface area (Å²) in [6.07, 6.45) is 3.33. The van der Waals surface area contributed by atoms with Crippen LogP contribution in [-0.2, 0) is 4.74 Å². The zero-order chi connectivity index (χ0) is 12.8. The molecule has 0 bridgehead atoms.